The van der Waals surface area contributed by atoms with Crippen molar-refractivity contribution in [3.05, 3.63) is 24.3 Å². The van der Waals surface area contributed by atoms with Crippen LogP contribution in [0.4, 0.5) is 21.0 Å². The van der Waals surface area contributed by atoms with Gasteiger partial charge in [-0.2, -0.15) is 0 Å². The summed E-state index contributed by atoms with van der Waals surface area (Å²) in [4.78, 5) is 27.9. The van der Waals surface area contributed by atoms with Gasteiger partial charge in [0.1, 0.15) is 0 Å². The quantitative estimate of drug-likeness (QED) is 0.847. The van der Waals surface area contributed by atoms with Crippen LogP contribution in [0.15, 0.2) is 24.3 Å². The van der Waals surface area contributed by atoms with Crippen molar-refractivity contribution in [2.45, 2.75) is 45.1 Å². The average Bonchev–Trinajstić information content (AvgIpc) is 2.69. The van der Waals surface area contributed by atoms with Crippen molar-refractivity contribution < 1.29 is 14.3 Å². The van der Waals surface area contributed by atoms with E-state index in [4.69, 9.17) is 4.74 Å². The van der Waals surface area contributed by atoms with Gasteiger partial charge in [-0.25, -0.2) is 9.59 Å². The van der Waals surface area contributed by atoms with E-state index < -0.39 is 0 Å². The summed E-state index contributed by atoms with van der Waals surface area (Å²) in [5, 5.41) is 5.98. The van der Waals surface area contributed by atoms with Crippen molar-refractivity contribution in [3.8, 4) is 0 Å². The summed E-state index contributed by atoms with van der Waals surface area (Å²) in [7, 11) is 0. The van der Waals surface area contributed by atoms with Gasteiger partial charge in [-0.15, -0.1) is 0 Å². The lowest BCUT2D eigenvalue weighted by atomic mass is 9.96. The number of hydrogen-bond acceptors (Lipinski definition) is 4. The molecule has 148 valence electrons. The number of rotatable bonds is 4. The highest BCUT2D eigenvalue weighted by atomic mass is 16.6. The van der Waals surface area contributed by atoms with E-state index in [0.29, 0.717) is 25.7 Å². The molecule has 1 heterocycles. The van der Waals surface area contributed by atoms with Crippen molar-refractivity contribution in [3.63, 3.8) is 0 Å². The third-order valence-corrected chi connectivity index (χ3v) is 5.24. The van der Waals surface area contributed by atoms with Crippen LogP contribution in [-0.4, -0.2) is 55.9 Å². The normalized spacial score (nSPS) is 18.1. The molecule has 0 bridgehead atoms. The second kappa shape index (κ2) is 9.48. The minimum atomic E-state index is -0.235. The Bertz CT molecular complexity index is 621. The van der Waals surface area contributed by atoms with E-state index in [9.17, 15) is 9.59 Å². The Kier molecular flexibility index (Phi) is 6.79. The van der Waals surface area contributed by atoms with E-state index >= 15 is 0 Å². The molecule has 2 aliphatic rings. The Morgan fingerprint density at radius 1 is 1.04 bits per heavy atom. The van der Waals surface area contributed by atoms with Crippen LogP contribution >= 0.6 is 0 Å². The molecule has 1 saturated heterocycles. The van der Waals surface area contributed by atoms with E-state index in [2.05, 4.69) is 15.5 Å². The van der Waals surface area contributed by atoms with Crippen LogP contribution in [0.2, 0.25) is 0 Å². The third-order valence-electron chi connectivity index (χ3n) is 5.24. The zero-order valence-corrected chi connectivity index (χ0v) is 16.1. The molecular weight excluding hydrogens is 344 g/mol. The van der Waals surface area contributed by atoms with Gasteiger partial charge in [0.15, 0.2) is 0 Å². The third kappa shape index (κ3) is 5.52. The fraction of sp³-hybridized carbons (Fsp3) is 0.600. The number of hydrogen-bond donors (Lipinski definition) is 2. The number of piperazine rings is 1. The number of ether oxygens (including phenoxy) is 1. The number of anilines is 2. The summed E-state index contributed by atoms with van der Waals surface area (Å²) in [6.45, 7) is 5.08. The van der Waals surface area contributed by atoms with Crippen LogP contribution in [0.5, 0.6) is 0 Å². The fourth-order valence-electron chi connectivity index (χ4n) is 3.72. The maximum atomic E-state index is 12.1. The van der Waals surface area contributed by atoms with Crippen LogP contribution in [0.1, 0.15) is 39.0 Å². The highest BCUT2D eigenvalue weighted by molar-refractivity contribution is 5.89. The summed E-state index contributed by atoms with van der Waals surface area (Å²) >= 11 is 0. The minimum absolute atomic E-state index is 0.127. The predicted molar refractivity (Wildman–Crippen MR) is 106 cm³/mol. The van der Waals surface area contributed by atoms with Crippen molar-refractivity contribution in [2.75, 3.05) is 43.0 Å². The van der Waals surface area contributed by atoms with Gasteiger partial charge >= 0.3 is 12.1 Å². The SMILES string of the molecule is CCOC(=O)N1CCN(c2ccc(NC(=O)NC3CCCCC3)cc2)CC1. The van der Waals surface area contributed by atoms with Gasteiger partial charge in [0, 0.05) is 43.6 Å². The second-order valence-corrected chi connectivity index (χ2v) is 7.15. The molecule has 7 heteroatoms. The van der Waals surface area contributed by atoms with Gasteiger partial charge in [0.05, 0.1) is 6.61 Å². The van der Waals surface area contributed by atoms with Gasteiger partial charge in [-0.05, 0) is 44.0 Å². The summed E-state index contributed by atoms with van der Waals surface area (Å²) in [6.07, 6.45) is 5.58. The Balaban J connectivity index is 1.46. The number of benzene rings is 1. The van der Waals surface area contributed by atoms with Gasteiger partial charge in [0.2, 0.25) is 0 Å². The lowest BCUT2D eigenvalue weighted by molar-refractivity contribution is 0.105. The molecular formula is C20H30N4O3. The first-order valence-electron chi connectivity index (χ1n) is 10.00. The number of carbonyl (C=O) groups excluding carboxylic acids is 2. The first-order chi connectivity index (χ1) is 13.2. The minimum Gasteiger partial charge on any atom is -0.450 e. The number of amides is 3. The Morgan fingerprint density at radius 2 is 1.70 bits per heavy atom. The van der Waals surface area contributed by atoms with Crippen molar-refractivity contribution in [1.29, 1.82) is 0 Å². The molecule has 1 aliphatic carbocycles. The lowest BCUT2D eigenvalue weighted by Gasteiger charge is -2.35. The Hall–Kier alpha value is -2.44. The molecule has 0 unspecified atom stereocenters. The molecule has 0 aromatic heterocycles. The number of urea groups is 1. The molecule has 7 nitrogen and oxygen atoms in total. The molecule has 2 N–H and O–H groups in total. The molecule has 0 spiro atoms. The van der Waals surface area contributed by atoms with Gasteiger partial charge in [-0.3, -0.25) is 0 Å². The number of nitrogens with zero attached hydrogens (tertiary/aromatic N) is 2. The van der Waals surface area contributed by atoms with Crippen molar-refractivity contribution >= 4 is 23.5 Å². The van der Waals surface area contributed by atoms with Gasteiger partial charge in [-0.1, -0.05) is 19.3 Å². The number of carbonyl (C=O) groups is 2. The maximum absolute atomic E-state index is 12.1. The monoisotopic (exact) mass is 374 g/mol. The van der Waals surface area contributed by atoms with Crippen LogP contribution < -0.4 is 15.5 Å². The Morgan fingerprint density at radius 3 is 2.33 bits per heavy atom. The summed E-state index contributed by atoms with van der Waals surface area (Å²) in [5.41, 5.74) is 1.88. The topological polar surface area (TPSA) is 73.9 Å². The molecule has 1 aromatic rings. The first-order valence-corrected chi connectivity index (χ1v) is 10.00. The lowest BCUT2D eigenvalue weighted by Crippen LogP contribution is -2.49. The predicted octanol–water partition coefficient (Wildman–Crippen LogP) is 3.42. The summed E-state index contributed by atoms with van der Waals surface area (Å²) < 4.78 is 5.05. The van der Waals surface area contributed by atoms with Crippen LogP contribution in [-0.2, 0) is 4.74 Å². The molecule has 1 aromatic carbocycles. The molecule has 1 aliphatic heterocycles. The second-order valence-electron chi connectivity index (χ2n) is 7.15. The summed E-state index contributed by atoms with van der Waals surface area (Å²) in [6, 6.07) is 8.04. The van der Waals surface area contributed by atoms with E-state index in [-0.39, 0.29) is 12.1 Å². The zero-order chi connectivity index (χ0) is 19.1. The summed E-state index contributed by atoms with van der Waals surface area (Å²) in [5.74, 6) is 0. The molecule has 1 saturated carbocycles. The van der Waals surface area contributed by atoms with Crippen LogP contribution in [0.3, 0.4) is 0 Å². The van der Waals surface area contributed by atoms with Gasteiger partial charge < -0.3 is 25.2 Å². The average molecular weight is 374 g/mol. The maximum Gasteiger partial charge on any atom is 0.409 e. The molecule has 3 rings (SSSR count). The van der Waals surface area contributed by atoms with Crippen molar-refractivity contribution in [2.24, 2.45) is 0 Å². The molecule has 2 fully saturated rings. The van der Waals surface area contributed by atoms with E-state index in [1.54, 1.807) is 4.90 Å². The van der Waals surface area contributed by atoms with E-state index in [1.807, 2.05) is 31.2 Å². The van der Waals surface area contributed by atoms with E-state index in [0.717, 1.165) is 37.3 Å². The smallest absolute Gasteiger partial charge is 0.409 e. The molecule has 3 amide bonds. The van der Waals surface area contributed by atoms with E-state index in [1.165, 1.54) is 19.3 Å². The fourth-order valence-corrected chi connectivity index (χ4v) is 3.72. The highest BCUT2D eigenvalue weighted by Gasteiger charge is 2.22. The zero-order valence-electron chi connectivity index (χ0n) is 16.1. The highest BCUT2D eigenvalue weighted by Crippen LogP contribution is 2.20. The standard InChI is InChI=1S/C20H30N4O3/c1-2-27-20(26)24-14-12-23(13-15-24)18-10-8-17(9-11-18)22-19(25)21-16-6-4-3-5-7-16/h8-11,16H,2-7,12-15H2,1H3,(H2,21,22,25). The molecule has 27 heavy (non-hydrogen) atoms. The number of nitrogens with one attached hydrogen (secondary N) is 2. The van der Waals surface area contributed by atoms with Crippen LogP contribution in [0, 0.1) is 0 Å². The first kappa shape index (κ1) is 19.3. The molecule has 0 atom stereocenters. The largest absolute Gasteiger partial charge is 0.450 e. The van der Waals surface area contributed by atoms with Crippen molar-refractivity contribution in [1.82, 2.24) is 10.2 Å². The van der Waals surface area contributed by atoms with Gasteiger partial charge in [0.25, 0.3) is 0 Å². The Labute approximate surface area is 161 Å². The molecule has 0 radical (unpaired) electrons. The van der Waals surface area contributed by atoms with Crippen LogP contribution in [0.25, 0.3) is 0 Å².